The van der Waals surface area contributed by atoms with Gasteiger partial charge in [0.05, 0.1) is 11.5 Å². The molecule has 13 heteroatoms. The normalized spacial score (nSPS) is 12.3. The number of aromatic nitrogens is 1. The third kappa shape index (κ3) is 8.57. The van der Waals surface area contributed by atoms with Gasteiger partial charge in [0.1, 0.15) is 29.2 Å². The highest BCUT2D eigenvalue weighted by atomic mass is 32.2. The van der Waals surface area contributed by atoms with E-state index in [1.807, 2.05) is 0 Å². The third-order valence-corrected chi connectivity index (χ3v) is 7.92. The number of hydrogen-bond acceptors (Lipinski definition) is 10. The quantitative estimate of drug-likeness (QED) is 0.232. The molecule has 0 bridgehead atoms. The van der Waals surface area contributed by atoms with Crippen molar-refractivity contribution in [2.45, 2.75) is 24.1 Å². The van der Waals surface area contributed by atoms with Gasteiger partial charge in [0.25, 0.3) is 5.91 Å². The smallest absolute Gasteiger partial charge is 0.257 e. The lowest BCUT2D eigenvalue weighted by Crippen LogP contribution is -2.18. The topological polar surface area (TPSA) is 155 Å². The lowest BCUT2D eigenvalue weighted by atomic mass is 10.1. The van der Waals surface area contributed by atoms with E-state index in [0.29, 0.717) is 23.7 Å². The Labute approximate surface area is 225 Å². The maximum atomic E-state index is 13.1. The van der Waals surface area contributed by atoms with Gasteiger partial charge in [-0.3, -0.25) is 14.4 Å². The molecule has 1 aromatic heterocycles. The molecule has 0 radical (unpaired) electrons. The van der Waals surface area contributed by atoms with Gasteiger partial charge in [-0.2, -0.15) is 0 Å². The number of amides is 1. The van der Waals surface area contributed by atoms with Crippen LogP contribution in [0.25, 0.3) is 0 Å². The van der Waals surface area contributed by atoms with Gasteiger partial charge in [0.2, 0.25) is 7.14 Å². The van der Waals surface area contributed by atoms with Crippen molar-refractivity contribution in [3.8, 4) is 17.2 Å². The fourth-order valence-electron chi connectivity index (χ4n) is 3.39. The fraction of sp³-hybridized carbons (Fsp3) is 0.231. The van der Waals surface area contributed by atoms with Crippen LogP contribution in [0.15, 0.2) is 65.7 Å². The van der Waals surface area contributed by atoms with Crippen LogP contribution in [0.2, 0.25) is 0 Å². The molecular formula is C26H27N2O9PS. The molecule has 0 spiro atoms. The minimum Gasteiger partial charge on any atom is -0.488 e. The van der Waals surface area contributed by atoms with Gasteiger partial charge in [-0.05, 0) is 55.0 Å². The molecule has 0 saturated heterocycles. The maximum absolute atomic E-state index is 13.1. The first-order valence-corrected chi connectivity index (χ1v) is 15.4. The third-order valence-electron chi connectivity index (χ3n) is 5.22. The van der Waals surface area contributed by atoms with Crippen molar-refractivity contribution >= 4 is 40.8 Å². The minimum absolute atomic E-state index is 0.138. The maximum Gasteiger partial charge on any atom is 0.257 e. The van der Waals surface area contributed by atoms with E-state index in [2.05, 4.69) is 10.3 Å². The summed E-state index contributed by atoms with van der Waals surface area (Å²) < 4.78 is 52.3. The van der Waals surface area contributed by atoms with Crippen LogP contribution in [0.1, 0.15) is 22.8 Å². The van der Waals surface area contributed by atoms with Crippen LogP contribution in [0.5, 0.6) is 17.2 Å². The number of nitrogens with one attached hydrogen (secondary N) is 1. The van der Waals surface area contributed by atoms with Gasteiger partial charge in [-0.15, -0.1) is 0 Å². The average molecular weight is 575 g/mol. The van der Waals surface area contributed by atoms with E-state index in [1.165, 1.54) is 61.8 Å². The Morgan fingerprint density at radius 1 is 1.03 bits per heavy atom. The van der Waals surface area contributed by atoms with Crippen LogP contribution in [0.3, 0.4) is 0 Å². The molecular weight excluding hydrogens is 547 g/mol. The number of carbonyl (C=O) groups excluding carboxylic acids is 3. The van der Waals surface area contributed by atoms with E-state index in [0.717, 1.165) is 6.26 Å². The SMILES string of the molecule is COC[C@H](C)Oc1cc(Oc2ccc(S(C)(=O)=O)cc2)cc(C(=O)Nc2ccc(CP(=O)(C=O)C=O)cn2)c1. The van der Waals surface area contributed by atoms with E-state index in [9.17, 15) is 27.4 Å². The van der Waals surface area contributed by atoms with Crippen molar-refractivity contribution in [3.05, 3.63) is 71.9 Å². The number of ether oxygens (including phenoxy) is 3. The summed E-state index contributed by atoms with van der Waals surface area (Å²) in [6.07, 6.45) is 1.83. The molecule has 1 heterocycles. The number of rotatable bonds is 13. The number of hydrogen-bond donors (Lipinski definition) is 1. The van der Waals surface area contributed by atoms with Crippen LogP contribution >= 0.6 is 7.14 Å². The zero-order valence-electron chi connectivity index (χ0n) is 21.4. The lowest BCUT2D eigenvalue weighted by Gasteiger charge is -2.16. The largest absolute Gasteiger partial charge is 0.488 e. The highest BCUT2D eigenvalue weighted by Gasteiger charge is 2.21. The molecule has 0 saturated carbocycles. The molecule has 39 heavy (non-hydrogen) atoms. The number of nitrogens with zero attached hydrogens (tertiary/aromatic N) is 1. The first-order chi connectivity index (χ1) is 18.4. The van der Waals surface area contributed by atoms with Crippen molar-refractivity contribution in [3.63, 3.8) is 0 Å². The molecule has 1 atom stereocenters. The summed E-state index contributed by atoms with van der Waals surface area (Å²) in [6.45, 7) is 2.09. The molecule has 0 aliphatic heterocycles. The van der Waals surface area contributed by atoms with Crippen LogP contribution < -0.4 is 14.8 Å². The predicted octanol–water partition coefficient (Wildman–Crippen LogP) is 4.19. The molecule has 0 fully saturated rings. The number of pyridine rings is 1. The molecule has 1 N–H and O–H groups in total. The van der Waals surface area contributed by atoms with Gasteiger partial charge in [-0.25, -0.2) is 13.4 Å². The summed E-state index contributed by atoms with van der Waals surface area (Å²) in [5.74, 6) is 0.571. The number of benzene rings is 2. The zero-order chi connectivity index (χ0) is 28.6. The van der Waals surface area contributed by atoms with Crippen molar-refractivity contribution < 1.29 is 41.6 Å². The number of sulfone groups is 1. The zero-order valence-corrected chi connectivity index (χ0v) is 23.1. The summed E-state index contributed by atoms with van der Waals surface area (Å²) in [5, 5.41) is 2.64. The van der Waals surface area contributed by atoms with Gasteiger partial charge in [-0.1, -0.05) is 6.07 Å². The Morgan fingerprint density at radius 3 is 2.26 bits per heavy atom. The number of anilines is 1. The molecule has 206 valence electrons. The minimum atomic E-state index is -3.62. The first kappa shape index (κ1) is 29.7. The Bertz CT molecular complexity index is 1480. The molecule has 11 nitrogen and oxygen atoms in total. The highest BCUT2D eigenvalue weighted by Crippen LogP contribution is 2.42. The Kier molecular flexibility index (Phi) is 9.74. The van der Waals surface area contributed by atoms with E-state index >= 15 is 0 Å². The molecule has 2 aromatic carbocycles. The van der Waals surface area contributed by atoms with E-state index in [-0.39, 0.29) is 46.3 Å². The first-order valence-electron chi connectivity index (χ1n) is 11.5. The van der Waals surface area contributed by atoms with E-state index in [1.54, 1.807) is 13.0 Å². The predicted molar refractivity (Wildman–Crippen MR) is 145 cm³/mol. The van der Waals surface area contributed by atoms with Crippen molar-refractivity contribution in [1.29, 1.82) is 0 Å². The second kappa shape index (κ2) is 12.8. The van der Waals surface area contributed by atoms with Gasteiger partial charge in [0.15, 0.2) is 21.9 Å². The van der Waals surface area contributed by atoms with Crippen LogP contribution in [0, 0.1) is 0 Å². The van der Waals surface area contributed by atoms with Crippen molar-refractivity contribution in [2.75, 3.05) is 25.3 Å². The molecule has 3 rings (SSSR count). The van der Waals surface area contributed by atoms with Gasteiger partial charge >= 0.3 is 0 Å². The molecule has 0 aliphatic carbocycles. The average Bonchev–Trinajstić information content (AvgIpc) is 2.89. The van der Waals surface area contributed by atoms with Crippen LogP contribution in [0.4, 0.5) is 5.82 Å². The Hall–Kier alpha value is -3.86. The van der Waals surface area contributed by atoms with Gasteiger partial charge in [0, 0.05) is 37.4 Å². The summed E-state index contributed by atoms with van der Waals surface area (Å²) >= 11 is 0. The van der Waals surface area contributed by atoms with E-state index in [4.69, 9.17) is 14.2 Å². The second-order valence-electron chi connectivity index (χ2n) is 8.65. The Morgan fingerprint density at radius 2 is 1.69 bits per heavy atom. The van der Waals surface area contributed by atoms with Crippen LogP contribution in [-0.2, 0) is 34.9 Å². The summed E-state index contributed by atoms with van der Waals surface area (Å²) in [4.78, 5) is 39.2. The summed E-state index contributed by atoms with van der Waals surface area (Å²) in [5.41, 5.74) is 0.577. The monoisotopic (exact) mass is 574 g/mol. The van der Waals surface area contributed by atoms with Crippen molar-refractivity contribution in [1.82, 2.24) is 4.98 Å². The molecule has 1 amide bonds. The summed E-state index contributed by atoms with van der Waals surface area (Å²) in [6, 6.07) is 13.7. The number of methoxy groups -OCH3 is 1. The molecule has 0 unspecified atom stereocenters. The standard InChI is InChI=1S/C26H27N2O9PS/c1-18(14-35-2)36-22-10-20(11-23(12-22)37-21-5-7-24(8-6-21)39(3,33)34)26(31)28-25-9-4-19(13-27-25)15-38(32,16-29)17-30/h4-13,16-18H,14-15H2,1-3H3,(H,27,28,31)/t18-/m0/s1. The lowest BCUT2D eigenvalue weighted by molar-refractivity contribution is 0.0915. The summed E-state index contributed by atoms with van der Waals surface area (Å²) in [7, 11) is -5.45. The highest BCUT2D eigenvalue weighted by molar-refractivity contribution is 7.90. The van der Waals surface area contributed by atoms with Crippen LogP contribution in [-0.4, -0.2) is 57.4 Å². The van der Waals surface area contributed by atoms with Crippen molar-refractivity contribution in [2.24, 2.45) is 0 Å². The van der Waals surface area contributed by atoms with Gasteiger partial charge < -0.3 is 24.1 Å². The molecule has 0 aliphatic rings. The fourth-order valence-corrected chi connectivity index (χ4v) is 4.97. The molecule has 3 aromatic rings. The van der Waals surface area contributed by atoms with E-state index < -0.39 is 22.9 Å². The Balaban J connectivity index is 1.84. The number of carbonyl (C=O) groups is 3. The second-order valence-corrected chi connectivity index (χ2v) is 13.1.